The van der Waals surface area contributed by atoms with Gasteiger partial charge in [-0.3, -0.25) is 9.69 Å². The van der Waals surface area contributed by atoms with E-state index in [0.29, 0.717) is 0 Å². The van der Waals surface area contributed by atoms with Gasteiger partial charge in [0.05, 0.1) is 6.54 Å². The van der Waals surface area contributed by atoms with Gasteiger partial charge in [-0.2, -0.15) is 0 Å². The van der Waals surface area contributed by atoms with E-state index in [1.165, 1.54) is 4.90 Å². The summed E-state index contributed by atoms with van der Waals surface area (Å²) < 4.78 is 5.62. The summed E-state index contributed by atoms with van der Waals surface area (Å²) in [6.07, 6.45) is -1.11. The largest absolute Gasteiger partial charge is 0.443 e. The molecular formula is C25H32N2O3. The van der Waals surface area contributed by atoms with Crippen LogP contribution in [0.4, 0.5) is 4.79 Å². The molecule has 0 saturated carbocycles. The van der Waals surface area contributed by atoms with E-state index in [-0.39, 0.29) is 18.5 Å². The molecule has 1 saturated heterocycles. The van der Waals surface area contributed by atoms with Crippen molar-refractivity contribution in [3.63, 3.8) is 0 Å². The molecule has 160 valence electrons. The number of aryl methyl sites for hydroxylation is 3. The average molecular weight is 409 g/mol. The van der Waals surface area contributed by atoms with Crippen LogP contribution in [-0.2, 0) is 9.53 Å². The Kier molecular flexibility index (Phi) is 6.04. The van der Waals surface area contributed by atoms with Crippen molar-refractivity contribution in [1.29, 1.82) is 0 Å². The number of rotatable bonds is 3. The second-order valence-electron chi connectivity index (χ2n) is 9.19. The minimum Gasteiger partial charge on any atom is -0.443 e. The first-order valence-electron chi connectivity index (χ1n) is 10.4. The summed E-state index contributed by atoms with van der Waals surface area (Å²) in [5.41, 5.74) is 4.68. The molecule has 2 aromatic carbocycles. The summed E-state index contributed by atoms with van der Waals surface area (Å²) in [6.45, 7) is 13.8. The van der Waals surface area contributed by atoms with Crippen LogP contribution in [0.15, 0.2) is 42.5 Å². The van der Waals surface area contributed by atoms with E-state index in [2.05, 4.69) is 43.0 Å². The van der Waals surface area contributed by atoms with E-state index in [1.807, 2.05) is 52.8 Å². The van der Waals surface area contributed by atoms with Crippen molar-refractivity contribution in [1.82, 2.24) is 9.80 Å². The van der Waals surface area contributed by atoms with Crippen LogP contribution in [0.5, 0.6) is 0 Å². The highest BCUT2D eigenvalue weighted by Crippen LogP contribution is 2.41. The van der Waals surface area contributed by atoms with E-state index in [4.69, 9.17) is 4.74 Å². The smallest absolute Gasteiger partial charge is 0.418 e. The predicted molar refractivity (Wildman–Crippen MR) is 118 cm³/mol. The normalized spacial score (nSPS) is 18.6. The molecule has 2 atom stereocenters. The zero-order valence-electron chi connectivity index (χ0n) is 19.0. The molecule has 1 fully saturated rings. The van der Waals surface area contributed by atoms with Crippen LogP contribution in [0.1, 0.15) is 67.7 Å². The fourth-order valence-electron chi connectivity index (χ4n) is 4.28. The Labute approximate surface area is 179 Å². The molecule has 5 nitrogen and oxygen atoms in total. The molecule has 0 aromatic heterocycles. The van der Waals surface area contributed by atoms with Gasteiger partial charge < -0.3 is 4.74 Å². The Balaban J connectivity index is 2.11. The molecule has 0 radical (unpaired) electrons. The first-order valence-corrected chi connectivity index (χ1v) is 10.4. The van der Waals surface area contributed by atoms with E-state index in [9.17, 15) is 9.59 Å². The predicted octanol–water partition coefficient (Wildman–Crippen LogP) is 5.45. The number of hydrogen-bond acceptors (Lipinski definition) is 4. The lowest BCUT2D eigenvalue weighted by Gasteiger charge is -2.35. The fraction of sp³-hybridized carbons (Fsp3) is 0.440. The van der Waals surface area contributed by atoms with Crippen LogP contribution in [-0.4, -0.2) is 33.9 Å². The molecule has 2 amide bonds. The average Bonchev–Trinajstić information content (AvgIpc) is 2.96. The third-order valence-electron chi connectivity index (χ3n) is 5.51. The van der Waals surface area contributed by atoms with Crippen LogP contribution in [0, 0.1) is 20.8 Å². The Bertz CT molecular complexity index is 924. The number of imide groups is 1. The summed E-state index contributed by atoms with van der Waals surface area (Å²) in [5.74, 6) is -0.239. The highest BCUT2D eigenvalue weighted by molar-refractivity contribution is 5.95. The molecule has 1 aliphatic rings. The highest BCUT2D eigenvalue weighted by Gasteiger charge is 2.47. The van der Waals surface area contributed by atoms with Crippen LogP contribution < -0.4 is 0 Å². The van der Waals surface area contributed by atoms with E-state index in [1.54, 1.807) is 0 Å². The molecule has 2 aromatic rings. The van der Waals surface area contributed by atoms with Gasteiger partial charge in [0.2, 0.25) is 5.91 Å². The minimum atomic E-state index is -0.683. The van der Waals surface area contributed by atoms with Crippen LogP contribution in [0.3, 0.4) is 0 Å². The van der Waals surface area contributed by atoms with Crippen molar-refractivity contribution >= 4 is 12.0 Å². The third-order valence-corrected chi connectivity index (χ3v) is 5.51. The molecule has 1 aliphatic heterocycles. The van der Waals surface area contributed by atoms with Gasteiger partial charge in [0.25, 0.3) is 0 Å². The third kappa shape index (κ3) is 4.41. The maximum Gasteiger partial charge on any atom is 0.418 e. The monoisotopic (exact) mass is 408 g/mol. The van der Waals surface area contributed by atoms with Crippen LogP contribution >= 0.6 is 0 Å². The number of ether oxygens (including phenoxy) is 1. The molecule has 30 heavy (non-hydrogen) atoms. The first kappa shape index (κ1) is 22.0. The SMILES string of the molecule is Cc1cc(C)c(C2N(C(=O)OC(C)(C)C)C(=O)CN2[C@@H](C)c2ccccc2)c(C)c1. The van der Waals surface area contributed by atoms with E-state index >= 15 is 0 Å². The number of carbonyl (C=O) groups is 2. The molecule has 5 heteroatoms. The van der Waals surface area contributed by atoms with Crippen molar-refractivity contribution in [2.45, 2.75) is 66.3 Å². The van der Waals surface area contributed by atoms with Gasteiger partial charge in [-0.15, -0.1) is 0 Å². The zero-order valence-corrected chi connectivity index (χ0v) is 19.0. The minimum absolute atomic E-state index is 0.0484. The lowest BCUT2D eigenvalue weighted by molar-refractivity contribution is -0.127. The van der Waals surface area contributed by atoms with Crippen molar-refractivity contribution in [3.8, 4) is 0 Å². The lowest BCUT2D eigenvalue weighted by Crippen LogP contribution is -2.41. The van der Waals surface area contributed by atoms with E-state index < -0.39 is 17.9 Å². The van der Waals surface area contributed by atoms with Gasteiger partial charge in [-0.05, 0) is 70.7 Å². The van der Waals surface area contributed by atoms with Crippen molar-refractivity contribution in [2.75, 3.05) is 6.54 Å². The maximum absolute atomic E-state index is 13.1. The number of amides is 2. The standard InChI is InChI=1S/C25H32N2O3/c1-16-13-17(2)22(18(3)14-16)23-26(19(4)20-11-9-8-10-12-20)15-21(28)27(23)24(29)30-25(5,6)7/h8-14,19,23H,15H2,1-7H3/t19-,23?/m0/s1. The Morgan fingerprint density at radius 2 is 1.63 bits per heavy atom. The van der Waals surface area contributed by atoms with Gasteiger partial charge in [-0.1, -0.05) is 48.0 Å². The second-order valence-corrected chi connectivity index (χ2v) is 9.19. The molecular weight excluding hydrogens is 376 g/mol. The fourth-order valence-corrected chi connectivity index (χ4v) is 4.28. The quantitative estimate of drug-likeness (QED) is 0.677. The number of nitrogens with zero attached hydrogens (tertiary/aromatic N) is 2. The number of hydrogen-bond donors (Lipinski definition) is 0. The summed E-state index contributed by atoms with van der Waals surface area (Å²) in [6, 6.07) is 14.2. The van der Waals surface area contributed by atoms with Crippen LogP contribution in [0.2, 0.25) is 0 Å². The highest BCUT2D eigenvalue weighted by atomic mass is 16.6. The van der Waals surface area contributed by atoms with Crippen molar-refractivity contribution < 1.29 is 14.3 Å². The summed E-state index contributed by atoms with van der Waals surface area (Å²) in [4.78, 5) is 29.6. The Hall–Kier alpha value is -2.66. The Morgan fingerprint density at radius 3 is 2.17 bits per heavy atom. The molecule has 3 rings (SSSR count). The van der Waals surface area contributed by atoms with E-state index in [0.717, 1.165) is 27.8 Å². The summed E-state index contributed by atoms with van der Waals surface area (Å²) >= 11 is 0. The topological polar surface area (TPSA) is 49.9 Å². The molecule has 0 spiro atoms. The maximum atomic E-state index is 13.1. The van der Waals surface area contributed by atoms with Crippen molar-refractivity contribution in [3.05, 3.63) is 70.3 Å². The second kappa shape index (κ2) is 8.23. The molecule has 0 N–H and O–H groups in total. The Morgan fingerprint density at radius 1 is 1.07 bits per heavy atom. The molecule has 1 unspecified atom stereocenters. The summed E-state index contributed by atoms with van der Waals surface area (Å²) in [5, 5.41) is 0. The van der Waals surface area contributed by atoms with Gasteiger partial charge in [0.15, 0.2) is 0 Å². The van der Waals surface area contributed by atoms with Crippen molar-refractivity contribution in [2.24, 2.45) is 0 Å². The lowest BCUT2D eigenvalue weighted by atomic mass is 9.95. The van der Waals surface area contributed by atoms with Crippen LogP contribution in [0.25, 0.3) is 0 Å². The molecule has 0 aliphatic carbocycles. The van der Waals surface area contributed by atoms with Gasteiger partial charge in [0.1, 0.15) is 11.8 Å². The summed E-state index contributed by atoms with van der Waals surface area (Å²) in [7, 11) is 0. The molecule has 1 heterocycles. The van der Waals surface area contributed by atoms with Gasteiger partial charge in [-0.25, -0.2) is 9.69 Å². The molecule has 0 bridgehead atoms. The van der Waals surface area contributed by atoms with Gasteiger partial charge in [0, 0.05) is 6.04 Å². The van der Waals surface area contributed by atoms with Gasteiger partial charge >= 0.3 is 6.09 Å². The number of benzene rings is 2. The first-order chi connectivity index (χ1) is 14.0. The number of carbonyl (C=O) groups excluding carboxylic acids is 2. The zero-order chi connectivity index (χ0) is 22.2.